The van der Waals surface area contributed by atoms with Crippen LogP contribution in [0.15, 0.2) is 35.3 Å². The lowest BCUT2D eigenvalue weighted by atomic mass is 10.1. The fourth-order valence-electron chi connectivity index (χ4n) is 4.16. The maximum Gasteiger partial charge on any atom is 0.278 e. The Morgan fingerprint density at radius 1 is 1.30 bits per heavy atom. The predicted molar refractivity (Wildman–Crippen MR) is 112 cm³/mol. The van der Waals surface area contributed by atoms with Crippen molar-refractivity contribution in [2.24, 2.45) is 0 Å². The number of rotatable bonds is 6. The number of quaternary nitrogens is 1. The van der Waals surface area contributed by atoms with E-state index in [0.717, 1.165) is 19.6 Å². The Balaban J connectivity index is 1.69. The van der Waals surface area contributed by atoms with E-state index in [2.05, 4.69) is 10.3 Å². The molecule has 1 fully saturated rings. The van der Waals surface area contributed by atoms with Gasteiger partial charge in [-0.1, -0.05) is 11.1 Å². The monoisotopic (exact) mass is 412 g/mol. The van der Waals surface area contributed by atoms with E-state index in [1.165, 1.54) is 39.2 Å². The van der Waals surface area contributed by atoms with Crippen LogP contribution in [0.3, 0.4) is 0 Å². The molecule has 9 nitrogen and oxygen atoms in total. The highest BCUT2D eigenvalue weighted by atomic mass is 16.3. The van der Waals surface area contributed by atoms with E-state index in [1.807, 2.05) is 0 Å². The second-order valence-electron chi connectivity index (χ2n) is 7.72. The van der Waals surface area contributed by atoms with Gasteiger partial charge in [0.05, 0.1) is 39.3 Å². The summed E-state index contributed by atoms with van der Waals surface area (Å²) in [6, 6.07) is 6.78. The number of likely N-dealkylation sites (tertiary alicyclic amines) is 1. The van der Waals surface area contributed by atoms with Gasteiger partial charge in [-0.3, -0.25) is 14.0 Å². The quantitative estimate of drug-likeness (QED) is 0.291. The fraction of sp³-hybridized carbons (Fsp3) is 0.429. The molecule has 0 spiro atoms. The number of hydrogen-bond acceptors (Lipinski definition) is 5. The number of nitrogens with zero attached hydrogens (tertiary/aromatic N) is 3. The van der Waals surface area contributed by atoms with Crippen LogP contribution < -0.4 is 26.1 Å². The lowest BCUT2D eigenvalue weighted by Gasteiger charge is -2.23. The smallest absolute Gasteiger partial charge is 0.278 e. The van der Waals surface area contributed by atoms with Crippen LogP contribution in [0, 0.1) is 0 Å². The van der Waals surface area contributed by atoms with Crippen molar-refractivity contribution in [3.05, 3.63) is 46.4 Å². The van der Waals surface area contributed by atoms with Crippen LogP contribution in [0.4, 0.5) is 5.82 Å². The zero-order valence-corrected chi connectivity index (χ0v) is 16.9. The molecular weight excluding hydrogens is 384 g/mol. The third-order valence-corrected chi connectivity index (χ3v) is 5.75. The van der Waals surface area contributed by atoms with Crippen molar-refractivity contribution in [3.63, 3.8) is 0 Å². The number of amides is 1. The van der Waals surface area contributed by atoms with Crippen LogP contribution in [0.5, 0.6) is 0 Å². The van der Waals surface area contributed by atoms with Gasteiger partial charge in [-0.05, 0) is 37.5 Å². The number of carbonyl (C=O) groups is 1. The summed E-state index contributed by atoms with van der Waals surface area (Å²) in [6.45, 7) is 3.63. The summed E-state index contributed by atoms with van der Waals surface area (Å²) in [7, 11) is 0. The number of piperidine rings is 1. The second kappa shape index (κ2) is 8.76. The fourth-order valence-corrected chi connectivity index (χ4v) is 4.16. The lowest BCUT2D eigenvalue weighted by molar-refractivity contribution is -0.903. The SMILES string of the molecule is Nc1c(C(=O)NCC[NH+]2CCCCC2)cc2c(=O)n3ccccc3nc2[n+]1CCO. The predicted octanol–water partition coefficient (Wildman–Crippen LogP) is -1.49. The molecule has 4 heterocycles. The molecule has 4 rings (SSSR count). The number of aliphatic hydroxyl groups excluding tert-OH is 1. The summed E-state index contributed by atoms with van der Waals surface area (Å²) in [6.07, 6.45) is 5.38. The third-order valence-electron chi connectivity index (χ3n) is 5.75. The average molecular weight is 412 g/mol. The Morgan fingerprint density at radius 2 is 2.10 bits per heavy atom. The van der Waals surface area contributed by atoms with Crippen LogP contribution in [0.2, 0.25) is 0 Å². The van der Waals surface area contributed by atoms with E-state index in [1.54, 1.807) is 24.4 Å². The maximum absolute atomic E-state index is 13.0. The summed E-state index contributed by atoms with van der Waals surface area (Å²) in [5, 5.41) is 12.7. The zero-order chi connectivity index (χ0) is 21.1. The minimum atomic E-state index is -0.324. The van der Waals surface area contributed by atoms with Crippen molar-refractivity contribution >= 4 is 28.4 Å². The van der Waals surface area contributed by atoms with Crippen molar-refractivity contribution in [2.75, 3.05) is 38.5 Å². The molecule has 1 saturated heterocycles. The van der Waals surface area contributed by atoms with Gasteiger partial charge >= 0.3 is 0 Å². The summed E-state index contributed by atoms with van der Waals surface area (Å²) < 4.78 is 2.97. The molecule has 0 aliphatic carbocycles. The van der Waals surface area contributed by atoms with Gasteiger partial charge < -0.3 is 21.1 Å². The summed E-state index contributed by atoms with van der Waals surface area (Å²) in [4.78, 5) is 31.9. The highest BCUT2D eigenvalue weighted by Gasteiger charge is 2.24. The standard InChI is InChI=1S/C21H26N6O3/c22-18-15(20(29)23-7-11-25-8-3-1-4-9-25)14-16-19(27(18)12-13-28)24-17-6-2-5-10-26(17)21(16)30/h2,5-6,10,14,22,28H,1,3-4,7-9,11-13H2,(H,23,29)/p+2. The molecule has 9 heteroatoms. The van der Waals surface area contributed by atoms with E-state index < -0.39 is 0 Å². The number of fused-ring (bicyclic) bond motifs is 2. The first-order valence-electron chi connectivity index (χ1n) is 10.5. The van der Waals surface area contributed by atoms with E-state index in [0.29, 0.717) is 17.8 Å². The largest absolute Gasteiger partial charge is 0.393 e. The van der Waals surface area contributed by atoms with Gasteiger partial charge in [-0.15, -0.1) is 0 Å². The van der Waals surface area contributed by atoms with E-state index in [9.17, 15) is 14.7 Å². The van der Waals surface area contributed by atoms with Crippen LogP contribution >= 0.6 is 0 Å². The van der Waals surface area contributed by atoms with Crippen molar-refractivity contribution in [3.8, 4) is 0 Å². The van der Waals surface area contributed by atoms with Crippen LogP contribution in [-0.2, 0) is 6.54 Å². The van der Waals surface area contributed by atoms with Gasteiger partial charge in [-0.2, -0.15) is 0 Å². The molecule has 3 aromatic heterocycles. The number of carbonyl (C=O) groups excluding carboxylic acids is 1. The zero-order valence-electron chi connectivity index (χ0n) is 16.9. The van der Waals surface area contributed by atoms with E-state index in [4.69, 9.17) is 5.73 Å². The minimum absolute atomic E-state index is 0.136. The Labute approximate surface area is 173 Å². The molecule has 1 aliphatic rings. The summed E-state index contributed by atoms with van der Waals surface area (Å²) in [5.74, 6) is -0.137. The number of aliphatic hydroxyl groups is 1. The molecule has 0 radical (unpaired) electrons. The van der Waals surface area contributed by atoms with Crippen LogP contribution in [0.25, 0.3) is 16.7 Å². The molecule has 1 aliphatic heterocycles. The van der Waals surface area contributed by atoms with Gasteiger partial charge in [-0.25, -0.2) is 4.57 Å². The lowest BCUT2D eigenvalue weighted by Crippen LogP contribution is -3.13. The summed E-state index contributed by atoms with van der Waals surface area (Å²) >= 11 is 0. The molecule has 0 aromatic carbocycles. The number of nitrogen functional groups attached to an aromatic ring is 1. The van der Waals surface area contributed by atoms with Gasteiger partial charge in [0.1, 0.15) is 10.9 Å². The second-order valence-corrected chi connectivity index (χ2v) is 7.72. The molecule has 0 atom stereocenters. The Hall–Kier alpha value is -3.04. The number of hydrogen-bond donors (Lipinski definition) is 4. The molecule has 0 unspecified atom stereocenters. The first kappa shape index (κ1) is 20.2. The Morgan fingerprint density at radius 3 is 2.87 bits per heavy atom. The van der Waals surface area contributed by atoms with Crippen molar-refractivity contribution < 1.29 is 19.4 Å². The average Bonchev–Trinajstić information content (AvgIpc) is 2.77. The molecule has 5 N–H and O–H groups in total. The van der Waals surface area contributed by atoms with Gasteiger partial charge in [0.25, 0.3) is 17.1 Å². The molecule has 0 saturated carbocycles. The number of pyridine rings is 2. The van der Waals surface area contributed by atoms with Gasteiger partial charge in [0, 0.05) is 6.20 Å². The maximum atomic E-state index is 13.0. The highest BCUT2D eigenvalue weighted by Crippen LogP contribution is 2.14. The third kappa shape index (κ3) is 3.86. The molecular formula is C21H28N6O3+2. The van der Waals surface area contributed by atoms with Crippen molar-refractivity contribution in [2.45, 2.75) is 25.8 Å². The van der Waals surface area contributed by atoms with Crippen LogP contribution in [-0.4, -0.2) is 53.2 Å². The molecule has 0 bridgehead atoms. The van der Waals surface area contributed by atoms with E-state index in [-0.39, 0.29) is 41.4 Å². The van der Waals surface area contributed by atoms with Gasteiger partial charge in [0.15, 0.2) is 0 Å². The number of nitrogens with two attached hydrogens (primary N) is 1. The molecule has 1 amide bonds. The minimum Gasteiger partial charge on any atom is -0.393 e. The molecule has 30 heavy (non-hydrogen) atoms. The number of anilines is 1. The summed E-state index contributed by atoms with van der Waals surface area (Å²) in [5.41, 5.74) is 7.05. The topological polar surface area (TPSA) is 118 Å². The van der Waals surface area contributed by atoms with Gasteiger partial charge in [0.2, 0.25) is 11.5 Å². The number of aromatic nitrogens is 3. The number of nitrogens with one attached hydrogen (secondary N) is 2. The molecule has 3 aromatic rings. The highest BCUT2D eigenvalue weighted by molar-refractivity contribution is 6.00. The molecule has 158 valence electrons. The Kier molecular flexibility index (Phi) is 5.91. The first-order valence-corrected chi connectivity index (χ1v) is 10.5. The van der Waals surface area contributed by atoms with E-state index >= 15 is 0 Å². The van der Waals surface area contributed by atoms with Crippen LogP contribution in [0.1, 0.15) is 29.6 Å². The Bertz CT molecular complexity index is 1140. The first-order chi connectivity index (χ1) is 14.6. The normalized spacial score (nSPS) is 15.0. The van der Waals surface area contributed by atoms with Crippen molar-refractivity contribution in [1.82, 2.24) is 14.7 Å². The van der Waals surface area contributed by atoms with Crippen molar-refractivity contribution in [1.29, 1.82) is 0 Å².